The third kappa shape index (κ3) is 2.88. The van der Waals surface area contributed by atoms with E-state index in [9.17, 15) is 0 Å². The highest BCUT2D eigenvalue weighted by Crippen LogP contribution is 2.49. The van der Waals surface area contributed by atoms with Gasteiger partial charge in [-0.1, -0.05) is 31.9 Å². The van der Waals surface area contributed by atoms with Crippen LogP contribution in [0.3, 0.4) is 0 Å². The molecule has 1 aromatic carbocycles. The van der Waals surface area contributed by atoms with Crippen LogP contribution in [0.25, 0.3) is 0 Å². The van der Waals surface area contributed by atoms with E-state index < -0.39 is 0 Å². The molecule has 7 heteroatoms. The molecule has 0 unspecified atom stereocenters. The molecule has 0 heterocycles. The quantitative estimate of drug-likeness (QED) is 0.171. The summed E-state index contributed by atoms with van der Waals surface area (Å²) in [6.07, 6.45) is 0. The third-order valence-corrected chi connectivity index (χ3v) is 8.53. The first kappa shape index (κ1) is 14.6. The van der Waals surface area contributed by atoms with Gasteiger partial charge in [-0.05, 0) is 79.6 Å². The van der Waals surface area contributed by atoms with Gasteiger partial charge >= 0.3 is 0 Å². The van der Waals surface area contributed by atoms with E-state index in [4.69, 9.17) is 0 Å². The molecule has 0 saturated heterocycles. The molecule has 0 amide bonds. The summed E-state index contributed by atoms with van der Waals surface area (Å²) in [4.78, 5) is 0. The van der Waals surface area contributed by atoms with E-state index in [1.807, 2.05) is 0 Å². The zero-order valence-electron chi connectivity index (χ0n) is 6.22. The Morgan fingerprint density at radius 2 is 0.857 bits per heavy atom. The predicted octanol–water partition coefficient (Wildman–Crippen LogP) is 7.29. The highest BCUT2D eigenvalue weighted by atomic mass is 79.9. The molecular weight excluding hydrogens is 643 g/mol. The van der Waals surface area contributed by atoms with Crippen molar-refractivity contribution < 1.29 is 0 Å². The van der Waals surface area contributed by atoms with Gasteiger partial charge in [-0.15, -0.1) is 0 Å². The van der Waals surface area contributed by atoms with Gasteiger partial charge in [-0.3, -0.25) is 0 Å². The first-order valence-corrected chi connectivity index (χ1v) is 8.97. The lowest BCUT2D eigenvalue weighted by Gasteiger charge is -2.14. The zero-order chi connectivity index (χ0) is 11.0. The lowest BCUT2D eigenvalue weighted by atomic mass is 10.2. The molecular formula is C7HBr7. The van der Waals surface area contributed by atoms with Crippen LogP contribution in [-0.2, 0) is 0 Å². The smallest absolute Gasteiger partial charge is 0.0711 e. The summed E-state index contributed by atoms with van der Waals surface area (Å²) in [6, 6.07) is 0. The molecule has 1 rings (SSSR count). The van der Waals surface area contributed by atoms with Crippen LogP contribution in [0, 0.1) is 0 Å². The van der Waals surface area contributed by atoms with E-state index in [2.05, 4.69) is 112 Å². The Hall–Kier alpha value is 2.58. The molecule has 0 radical (unpaired) electrons. The summed E-state index contributed by atoms with van der Waals surface area (Å²) in [5, 5.41) is 0. The van der Waals surface area contributed by atoms with Crippen molar-refractivity contribution in [1.82, 2.24) is 0 Å². The molecule has 0 aromatic heterocycles. The van der Waals surface area contributed by atoms with Crippen LogP contribution >= 0.6 is 112 Å². The Balaban J connectivity index is 3.60. The van der Waals surface area contributed by atoms with Crippen molar-refractivity contribution in [1.29, 1.82) is 0 Å². The molecule has 0 aliphatic rings. The van der Waals surface area contributed by atoms with Crippen LogP contribution in [-0.4, -0.2) is 0 Å². The van der Waals surface area contributed by atoms with Gasteiger partial charge in [0, 0.05) is 27.9 Å². The number of hydrogen-bond donors (Lipinski definition) is 0. The van der Waals surface area contributed by atoms with Crippen molar-refractivity contribution in [3.8, 4) is 0 Å². The van der Waals surface area contributed by atoms with Crippen molar-refractivity contribution in [3.63, 3.8) is 0 Å². The Kier molecular flexibility index (Phi) is 6.23. The minimum Gasteiger partial charge on any atom is -0.0711 e. The number of alkyl halides is 2. The minimum absolute atomic E-state index is 0.0828. The molecule has 0 spiro atoms. The van der Waals surface area contributed by atoms with Gasteiger partial charge in [-0.2, -0.15) is 0 Å². The zero-order valence-corrected chi connectivity index (χ0v) is 17.3. The number of hydrogen-bond acceptors (Lipinski definition) is 0. The van der Waals surface area contributed by atoms with Crippen LogP contribution in [0.15, 0.2) is 22.4 Å². The highest BCUT2D eigenvalue weighted by Gasteiger charge is 2.20. The van der Waals surface area contributed by atoms with Crippen LogP contribution in [0.4, 0.5) is 0 Å². The Morgan fingerprint density at radius 1 is 0.571 bits per heavy atom. The SMILES string of the molecule is Brc1c(Br)c(Br)c(C(Br)Br)c(Br)c1Br. The molecule has 0 fully saturated rings. The molecule has 0 bridgehead atoms. The van der Waals surface area contributed by atoms with Gasteiger partial charge in [0.2, 0.25) is 0 Å². The second kappa shape index (κ2) is 5.96. The molecule has 0 nitrogen and oxygen atoms in total. The summed E-state index contributed by atoms with van der Waals surface area (Å²) < 4.78 is 5.01. The second-order valence-corrected chi connectivity index (χ2v) is 9.31. The minimum atomic E-state index is 0.0828. The summed E-state index contributed by atoms with van der Waals surface area (Å²) in [5.74, 6) is 0. The standard InChI is InChI=1S/C7HBr7/c8-2-1(7(13)14)3(9)5(11)6(12)4(2)10/h7H. The second-order valence-electron chi connectivity index (χ2n) is 2.28. The summed E-state index contributed by atoms with van der Waals surface area (Å²) in [7, 11) is 0. The van der Waals surface area contributed by atoms with Gasteiger partial charge in [0.15, 0.2) is 0 Å². The first-order chi connectivity index (χ1) is 6.37. The third-order valence-electron chi connectivity index (χ3n) is 1.46. The molecule has 0 saturated carbocycles. The molecule has 78 valence electrons. The van der Waals surface area contributed by atoms with Crippen molar-refractivity contribution in [2.45, 2.75) is 3.74 Å². The van der Waals surface area contributed by atoms with E-state index in [-0.39, 0.29) is 3.74 Å². The van der Waals surface area contributed by atoms with E-state index in [0.717, 1.165) is 27.9 Å². The average molecular weight is 644 g/mol. The maximum atomic E-state index is 3.53. The number of benzene rings is 1. The van der Waals surface area contributed by atoms with E-state index in [1.165, 1.54) is 0 Å². The molecule has 0 atom stereocenters. The Labute approximate surface area is 141 Å². The fraction of sp³-hybridized carbons (Fsp3) is 0.143. The van der Waals surface area contributed by atoms with Crippen molar-refractivity contribution >= 4 is 112 Å². The van der Waals surface area contributed by atoms with E-state index in [1.54, 1.807) is 0 Å². The van der Waals surface area contributed by atoms with Gasteiger partial charge in [-0.25, -0.2) is 0 Å². The summed E-state index contributed by atoms with van der Waals surface area (Å²) >= 11 is 24.5. The topological polar surface area (TPSA) is 0 Å². The fourth-order valence-electron chi connectivity index (χ4n) is 0.813. The summed E-state index contributed by atoms with van der Waals surface area (Å²) in [6.45, 7) is 0. The van der Waals surface area contributed by atoms with Gasteiger partial charge in [0.1, 0.15) is 0 Å². The van der Waals surface area contributed by atoms with Crippen molar-refractivity contribution in [2.24, 2.45) is 0 Å². The number of rotatable bonds is 1. The Morgan fingerprint density at radius 3 is 1.14 bits per heavy atom. The van der Waals surface area contributed by atoms with Gasteiger partial charge in [0.25, 0.3) is 0 Å². The van der Waals surface area contributed by atoms with Crippen LogP contribution < -0.4 is 0 Å². The van der Waals surface area contributed by atoms with Crippen LogP contribution in [0.2, 0.25) is 0 Å². The molecule has 1 aromatic rings. The fourth-order valence-corrected chi connectivity index (χ4v) is 6.49. The average Bonchev–Trinajstić information content (AvgIpc) is 2.11. The highest BCUT2D eigenvalue weighted by molar-refractivity contribution is 9.24. The molecule has 14 heavy (non-hydrogen) atoms. The largest absolute Gasteiger partial charge is 0.0969 e. The maximum absolute atomic E-state index is 3.53. The summed E-state index contributed by atoms with van der Waals surface area (Å²) in [5.41, 5.74) is 1.09. The first-order valence-electron chi connectivity index (χ1n) is 3.17. The van der Waals surface area contributed by atoms with Gasteiger partial charge < -0.3 is 0 Å². The molecule has 0 aliphatic carbocycles. The molecule has 0 N–H and O–H groups in total. The van der Waals surface area contributed by atoms with Crippen LogP contribution in [0.1, 0.15) is 9.30 Å². The van der Waals surface area contributed by atoms with E-state index >= 15 is 0 Å². The monoisotopic (exact) mass is 637 g/mol. The van der Waals surface area contributed by atoms with Crippen molar-refractivity contribution in [2.75, 3.05) is 0 Å². The van der Waals surface area contributed by atoms with Crippen LogP contribution in [0.5, 0.6) is 0 Å². The Bertz CT molecular complexity index is 342. The maximum Gasteiger partial charge on any atom is 0.0969 e. The van der Waals surface area contributed by atoms with Crippen molar-refractivity contribution in [3.05, 3.63) is 27.9 Å². The molecule has 0 aliphatic heterocycles. The lowest BCUT2D eigenvalue weighted by Crippen LogP contribution is -1.90. The normalized spacial score (nSPS) is 11.1. The van der Waals surface area contributed by atoms with E-state index in [0.29, 0.717) is 0 Å². The lowest BCUT2D eigenvalue weighted by molar-refractivity contribution is 1.30. The van der Waals surface area contributed by atoms with Gasteiger partial charge in [0.05, 0.1) is 3.74 Å². The number of halogens is 7. The predicted molar refractivity (Wildman–Crippen MR) is 85.5 cm³/mol.